The third-order valence-corrected chi connectivity index (χ3v) is 3.68. The molecule has 1 aromatic carbocycles. The molecule has 1 aliphatic heterocycles. The molecule has 3 rings (SSSR count). The van der Waals surface area contributed by atoms with Crippen molar-refractivity contribution in [2.45, 2.75) is 12.5 Å². The van der Waals surface area contributed by atoms with Crippen LogP contribution in [0.25, 0.3) is 10.4 Å². The van der Waals surface area contributed by atoms with Crippen molar-refractivity contribution in [1.82, 2.24) is 0 Å². The number of benzene rings is 1. The predicted octanol–water partition coefficient (Wildman–Crippen LogP) is 3.38. The normalized spacial score (nSPS) is 19.4. The fourth-order valence-corrected chi connectivity index (χ4v) is 2.67. The summed E-state index contributed by atoms with van der Waals surface area (Å²) in [6.07, 6.45) is 1.14. The van der Waals surface area contributed by atoms with Crippen LogP contribution in [0.4, 0.5) is 0 Å². The van der Waals surface area contributed by atoms with Crippen LogP contribution in [0.5, 0.6) is 5.75 Å². The van der Waals surface area contributed by atoms with Crippen LogP contribution in [0, 0.1) is 6.07 Å². The largest absolute Gasteiger partial charge is 0.487 e. The van der Waals surface area contributed by atoms with Crippen molar-refractivity contribution in [2.75, 3.05) is 13.2 Å². The van der Waals surface area contributed by atoms with Crippen molar-refractivity contribution in [3.05, 3.63) is 41.8 Å². The average molecular weight is 245 g/mol. The Hall–Kier alpha value is -1.32. The summed E-state index contributed by atoms with van der Waals surface area (Å²) < 4.78 is 11.3. The highest BCUT2D eigenvalue weighted by molar-refractivity contribution is 7.13. The number of hydrogen-bond acceptors (Lipinski definition) is 3. The highest BCUT2D eigenvalue weighted by Crippen LogP contribution is 2.33. The van der Waals surface area contributed by atoms with Crippen LogP contribution >= 0.6 is 11.3 Å². The van der Waals surface area contributed by atoms with Crippen LogP contribution in [-0.2, 0) is 4.74 Å². The first kappa shape index (κ1) is 10.8. The Labute approximate surface area is 105 Å². The monoisotopic (exact) mass is 245 g/mol. The highest BCUT2D eigenvalue weighted by atomic mass is 32.1. The number of thiophene rings is 1. The molecular weight excluding hydrogens is 232 g/mol. The minimum atomic E-state index is 0.173. The first-order valence-electron chi connectivity index (χ1n) is 5.72. The van der Waals surface area contributed by atoms with Gasteiger partial charge >= 0.3 is 0 Å². The summed E-state index contributed by atoms with van der Waals surface area (Å²) in [5.74, 6) is 0.838. The molecule has 0 saturated carbocycles. The maximum absolute atomic E-state index is 5.96. The molecule has 2 aromatic rings. The second kappa shape index (κ2) is 4.90. The molecule has 1 fully saturated rings. The van der Waals surface area contributed by atoms with Gasteiger partial charge in [-0.1, -0.05) is 18.2 Å². The molecule has 1 unspecified atom stereocenters. The van der Waals surface area contributed by atoms with Crippen LogP contribution in [0.3, 0.4) is 0 Å². The van der Waals surface area contributed by atoms with Crippen LogP contribution in [0.1, 0.15) is 6.42 Å². The molecule has 87 valence electrons. The second-order valence-electron chi connectivity index (χ2n) is 3.99. The fourth-order valence-electron chi connectivity index (χ4n) is 1.92. The number of rotatable bonds is 3. The molecule has 0 amide bonds. The summed E-state index contributed by atoms with van der Waals surface area (Å²) >= 11 is 1.72. The quantitative estimate of drug-likeness (QED) is 0.825. The van der Waals surface area contributed by atoms with Gasteiger partial charge in [-0.3, -0.25) is 0 Å². The van der Waals surface area contributed by atoms with E-state index in [1.54, 1.807) is 11.3 Å². The van der Waals surface area contributed by atoms with Gasteiger partial charge in [0.15, 0.2) is 0 Å². The van der Waals surface area contributed by atoms with Crippen molar-refractivity contribution < 1.29 is 9.47 Å². The average Bonchev–Trinajstić information content (AvgIpc) is 3.01. The Bertz CT molecular complexity index is 473. The summed E-state index contributed by atoms with van der Waals surface area (Å²) in [4.78, 5) is 1.22. The molecule has 0 spiro atoms. The molecule has 0 bridgehead atoms. The first-order chi connectivity index (χ1) is 8.43. The van der Waals surface area contributed by atoms with Gasteiger partial charge in [0, 0.05) is 22.9 Å². The SMILES string of the molecule is [c]1cccc(-c2cccs2)c1OC1CCOC1. The van der Waals surface area contributed by atoms with Crippen LogP contribution in [0.15, 0.2) is 35.7 Å². The lowest BCUT2D eigenvalue weighted by Crippen LogP contribution is -2.16. The van der Waals surface area contributed by atoms with E-state index in [1.807, 2.05) is 12.1 Å². The van der Waals surface area contributed by atoms with Crippen LogP contribution < -0.4 is 4.74 Å². The summed E-state index contributed by atoms with van der Waals surface area (Å²) in [7, 11) is 0. The van der Waals surface area contributed by atoms with E-state index in [2.05, 4.69) is 29.6 Å². The number of hydrogen-bond donors (Lipinski definition) is 0. The van der Waals surface area contributed by atoms with E-state index in [0.29, 0.717) is 6.61 Å². The van der Waals surface area contributed by atoms with Crippen LogP contribution in [0.2, 0.25) is 0 Å². The lowest BCUT2D eigenvalue weighted by Gasteiger charge is -2.14. The van der Waals surface area contributed by atoms with Gasteiger partial charge in [0.1, 0.15) is 11.9 Å². The van der Waals surface area contributed by atoms with Gasteiger partial charge in [-0.25, -0.2) is 0 Å². The van der Waals surface area contributed by atoms with E-state index in [1.165, 1.54) is 4.88 Å². The molecule has 1 radical (unpaired) electrons. The molecule has 1 saturated heterocycles. The molecule has 1 atom stereocenters. The third kappa shape index (κ3) is 2.35. The number of para-hydroxylation sites is 1. The second-order valence-corrected chi connectivity index (χ2v) is 4.94. The smallest absolute Gasteiger partial charge is 0.136 e. The van der Waals surface area contributed by atoms with Gasteiger partial charge in [-0.15, -0.1) is 11.3 Å². The molecular formula is C14H13O2S. The zero-order valence-corrected chi connectivity index (χ0v) is 10.2. The summed E-state index contributed by atoms with van der Waals surface area (Å²) in [6, 6.07) is 13.3. The molecule has 3 heteroatoms. The maximum Gasteiger partial charge on any atom is 0.136 e. The molecule has 0 aliphatic carbocycles. The number of ether oxygens (including phenoxy) is 2. The van der Waals surface area contributed by atoms with Gasteiger partial charge in [0.05, 0.1) is 13.2 Å². The standard InChI is InChI=1S/C14H13O2S/c1-2-5-13(16-11-7-8-15-10-11)12(4-1)14-6-3-9-17-14/h1-4,6,9,11H,7-8,10H2. The van der Waals surface area contributed by atoms with E-state index in [4.69, 9.17) is 9.47 Å². The molecule has 1 aliphatic rings. The summed E-state index contributed by atoms with van der Waals surface area (Å²) in [5.41, 5.74) is 1.12. The third-order valence-electron chi connectivity index (χ3n) is 2.78. The maximum atomic E-state index is 5.96. The molecule has 1 aromatic heterocycles. The zero-order chi connectivity index (χ0) is 11.5. The molecule has 0 N–H and O–H groups in total. The summed E-state index contributed by atoms with van der Waals surface area (Å²) in [5, 5.41) is 2.07. The minimum Gasteiger partial charge on any atom is -0.487 e. The van der Waals surface area contributed by atoms with Crippen molar-refractivity contribution in [2.24, 2.45) is 0 Å². The lowest BCUT2D eigenvalue weighted by molar-refractivity contribution is 0.141. The molecule has 17 heavy (non-hydrogen) atoms. The topological polar surface area (TPSA) is 18.5 Å². The Morgan fingerprint density at radius 3 is 3.12 bits per heavy atom. The first-order valence-corrected chi connectivity index (χ1v) is 6.60. The lowest BCUT2D eigenvalue weighted by atomic mass is 10.1. The fraction of sp³-hybridized carbons (Fsp3) is 0.286. The molecule has 2 nitrogen and oxygen atoms in total. The van der Waals surface area contributed by atoms with Crippen molar-refractivity contribution in [3.63, 3.8) is 0 Å². The summed E-state index contributed by atoms with van der Waals surface area (Å²) in [6.45, 7) is 1.48. The van der Waals surface area contributed by atoms with Crippen LogP contribution in [-0.4, -0.2) is 19.3 Å². The van der Waals surface area contributed by atoms with Gasteiger partial charge in [-0.2, -0.15) is 0 Å². The van der Waals surface area contributed by atoms with Crippen molar-refractivity contribution in [1.29, 1.82) is 0 Å². The minimum absolute atomic E-state index is 0.173. The molecule has 2 heterocycles. The Morgan fingerprint density at radius 2 is 2.35 bits per heavy atom. The highest BCUT2D eigenvalue weighted by Gasteiger charge is 2.19. The van der Waals surface area contributed by atoms with E-state index < -0.39 is 0 Å². The van der Waals surface area contributed by atoms with E-state index in [0.717, 1.165) is 24.3 Å². The van der Waals surface area contributed by atoms with Crippen molar-refractivity contribution in [3.8, 4) is 16.2 Å². The van der Waals surface area contributed by atoms with Gasteiger partial charge in [0.2, 0.25) is 0 Å². The van der Waals surface area contributed by atoms with Gasteiger partial charge in [0.25, 0.3) is 0 Å². The van der Waals surface area contributed by atoms with E-state index in [-0.39, 0.29) is 6.10 Å². The van der Waals surface area contributed by atoms with E-state index in [9.17, 15) is 0 Å². The Balaban J connectivity index is 1.88. The Morgan fingerprint density at radius 1 is 1.35 bits per heavy atom. The van der Waals surface area contributed by atoms with E-state index >= 15 is 0 Å². The zero-order valence-electron chi connectivity index (χ0n) is 9.39. The van der Waals surface area contributed by atoms with Gasteiger partial charge in [-0.05, 0) is 17.5 Å². The predicted molar refractivity (Wildman–Crippen MR) is 68.4 cm³/mol. The Kier molecular flexibility index (Phi) is 3.12. The van der Waals surface area contributed by atoms with Crippen molar-refractivity contribution >= 4 is 11.3 Å². The van der Waals surface area contributed by atoms with Gasteiger partial charge < -0.3 is 9.47 Å².